The lowest BCUT2D eigenvalue weighted by atomic mass is 10.3. The molecule has 0 spiro atoms. The van der Waals surface area contributed by atoms with Crippen LogP contribution >= 0.6 is 0 Å². The summed E-state index contributed by atoms with van der Waals surface area (Å²) in [4.78, 5) is 15.3. The highest BCUT2D eigenvalue weighted by atomic mass is 19.1. The molecule has 1 aromatic heterocycles. The minimum absolute atomic E-state index is 0.114. The molecule has 0 aliphatic carbocycles. The van der Waals surface area contributed by atoms with E-state index in [0.29, 0.717) is 5.82 Å². The number of nitrogens with zero attached hydrogens (tertiary/aromatic N) is 2. The third-order valence-corrected chi connectivity index (χ3v) is 2.34. The number of aromatic nitrogens is 3. The number of H-pyrrole nitrogens is 1. The first kappa shape index (κ1) is 13.0. The number of carbonyl (C=O) groups excluding carboxylic acids is 1. The number of nitrogens with one attached hydrogen (secondary N) is 2. The summed E-state index contributed by atoms with van der Waals surface area (Å²) in [7, 11) is 0. The normalized spacial score (nSPS) is 10.2. The van der Waals surface area contributed by atoms with Crippen molar-refractivity contribution in [1.29, 1.82) is 0 Å². The molecule has 0 aliphatic heterocycles. The van der Waals surface area contributed by atoms with Gasteiger partial charge < -0.3 is 10.1 Å². The highest BCUT2D eigenvalue weighted by molar-refractivity contribution is 5.75. The Hall–Kier alpha value is -2.44. The number of hydrogen-bond acceptors (Lipinski definition) is 4. The maximum Gasteiger partial charge on any atom is 0.223 e. The fourth-order valence-electron chi connectivity index (χ4n) is 1.40. The molecule has 0 bridgehead atoms. The van der Waals surface area contributed by atoms with E-state index in [4.69, 9.17) is 4.74 Å². The molecule has 2 aromatic rings. The number of carbonyl (C=O) groups is 1. The van der Waals surface area contributed by atoms with Crippen LogP contribution < -0.4 is 10.1 Å². The second-order valence-corrected chi connectivity index (χ2v) is 3.74. The summed E-state index contributed by atoms with van der Waals surface area (Å²) in [6.07, 6.45) is 1.51. The highest BCUT2D eigenvalue weighted by Gasteiger charge is 2.05. The van der Waals surface area contributed by atoms with Crippen LogP contribution in [0.4, 0.5) is 4.39 Å². The van der Waals surface area contributed by atoms with Gasteiger partial charge in [-0.15, -0.1) is 0 Å². The number of aromatic amines is 1. The summed E-state index contributed by atoms with van der Waals surface area (Å²) in [5, 5.41) is 8.92. The summed E-state index contributed by atoms with van der Waals surface area (Å²) in [5.41, 5.74) is 0. The molecule has 2 rings (SSSR count). The van der Waals surface area contributed by atoms with Crippen LogP contribution in [-0.4, -0.2) is 27.7 Å². The Balaban J connectivity index is 1.68. The molecule has 0 saturated carbocycles. The van der Waals surface area contributed by atoms with Crippen molar-refractivity contribution < 1.29 is 13.9 Å². The number of hydrogen-bond donors (Lipinski definition) is 2. The smallest absolute Gasteiger partial charge is 0.223 e. The van der Waals surface area contributed by atoms with Crippen molar-refractivity contribution in [2.45, 2.75) is 13.0 Å². The Kier molecular flexibility index (Phi) is 4.44. The zero-order valence-electron chi connectivity index (χ0n) is 10.1. The number of benzene rings is 1. The molecule has 2 N–H and O–H groups in total. The van der Waals surface area contributed by atoms with Gasteiger partial charge >= 0.3 is 0 Å². The second kappa shape index (κ2) is 6.48. The summed E-state index contributed by atoms with van der Waals surface area (Å²) < 4.78 is 18.4. The van der Waals surface area contributed by atoms with Gasteiger partial charge in [-0.2, -0.15) is 5.10 Å². The lowest BCUT2D eigenvalue weighted by molar-refractivity contribution is -0.121. The third-order valence-electron chi connectivity index (χ3n) is 2.34. The topological polar surface area (TPSA) is 79.9 Å². The molecule has 1 amide bonds. The number of halogens is 1. The van der Waals surface area contributed by atoms with Gasteiger partial charge in [-0.3, -0.25) is 9.89 Å². The minimum atomic E-state index is -0.440. The summed E-state index contributed by atoms with van der Waals surface area (Å²) in [6, 6.07) is 6.07. The fraction of sp³-hybridized carbons (Fsp3) is 0.250. The first-order valence-electron chi connectivity index (χ1n) is 5.74. The van der Waals surface area contributed by atoms with E-state index in [0.717, 1.165) is 0 Å². The van der Waals surface area contributed by atoms with E-state index < -0.39 is 5.82 Å². The van der Waals surface area contributed by atoms with Crippen LogP contribution in [0.15, 0.2) is 30.6 Å². The third kappa shape index (κ3) is 4.06. The molecule has 0 unspecified atom stereocenters. The molecule has 0 radical (unpaired) electrons. The predicted octanol–water partition coefficient (Wildman–Crippen LogP) is 1.03. The van der Waals surface area contributed by atoms with Crippen molar-refractivity contribution in [3.05, 3.63) is 42.2 Å². The van der Waals surface area contributed by atoms with E-state index in [-0.39, 0.29) is 31.2 Å². The molecule has 0 fully saturated rings. The van der Waals surface area contributed by atoms with Crippen molar-refractivity contribution in [2.75, 3.05) is 6.61 Å². The SMILES string of the molecule is O=C(CCOc1ccccc1F)NCc1ncn[nH]1. The maximum absolute atomic E-state index is 13.2. The molecular formula is C12H13FN4O2. The molecule has 19 heavy (non-hydrogen) atoms. The van der Waals surface area contributed by atoms with E-state index in [9.17, 15) is 9.18 Å². The van der Waals surface area contributed by atoms with E-state index in [1.54, 1.807) is 12.1 Å². The molecule has 0 aliphatic rings. The van der Waals surface area contributed by atoms with Crippen molar-refractivity contribution in [1.82, 2.24) is 20.5 Å². The molecule has 6 nitrogen and oxygen atoms in total. The van der Waals surface area contributed by atoms with Crippen LogP contribution in [0.5, 0.6) is 5.75 Å². The Morgan fingerprint density at radius 2 is 2.26 bits per heavy atom. The van der Waals surface area contributed by atoms with Gasteiger partial charge in [-0.25, -0.2) is 9.37 Å². The number of para-hydroxylation sites is 1. The van der Waals surface area contributed by atoms with Gasteiger partial charge in [0.05, 0.1) is 19.6 Å². The number of amides is 1. The lowest BCUT2D eigenvalue weighted by Crippen LogP contribution is -2.25. The van der Waals surface area contributed by atoms with Gasteiger partial charge in [0.25, 0.3) is 0 Å². The van der Waals surface area contributed by atoms with Crippen LogP contribution in [0.1, 0.15) is 12.2 Å². The summed E-state index contributed by atoms with van der Waals surface area (Å²) >= 11 is 0. The fourth-order valence-corrected chi connectivity index (χ4v) is 1.40. The monoisotopic (exact) mass is 264 g/mol. The van der Waals surface area contributed by atoms with Gasteiger partial charge in [-0.05, 0) is 12.1 Å². The second-order valence-electron chi connectivity index (χ2n) is 3.74. The molecule has 7 heteroatoms. The van der Waals surface area contributed by atoms with Crippen LogP contribution in [0, 0.1) is 5.82 Å². The molecule has 1 heterocycles. The van der Waals surface area contributed by atoms with Crippen LogP contribution in [0.25, 0.3) is 0 Å². The highest BCUT2D eigenvalue weighted by Crippen LogP contribution is 2.15. The van der Waals surface area contributed by atoms with Gasteiger partial charge in [0, 0.05) is 0 Å². The van der Waals surface area contributed by atoms with Crippen molar-refractivity contribution >= 4 is 5.91 Å². The number of ether oxygens (including phenoxy) is 1. The Morgan fingerprint density at radius 3 is 3.00 bits per heavy atom. The molecule has 1 aromatic carbocycles. The van der Waals surface area contributed by atoms with Crippen LogP contribution in [0.3, 0.4) is 0 Å². The average molecular weight is 264 g/mol. The van der Waals surface area contributed by atoms with Gasteiger partial charge in [0.15, 0.2) is 11.6 Å². The molecule has 0 atom stereocenters. The maximum atomic E-state index is 13.2. The largest absolute Gasteiger partial charge is 0.490 e. The molecular weight excluding hydrogens is 251 g/mol. The Morgan fingerprint density at radius 1 is 1.42 bits per heavy atom. The summed E-state index contributed by atoms with van der Waals surface area (Å²) in [6.45, 7) is 0.391. The summed E-state index contributed by atoms with van der Waals surface area (Å²) in [5.74, 6) is 0.0752. The van der Waals surface area contributed by atoms with Crippen molar-refractivity contribution in [2.24, 2.45) is 0 Å². The van der Waals surface area contributed by atoms with E-state index in [2.05, 4.69) is 20.5 Å². The first-order valence-corrected chi connectivity index (χ1v) is 5.74. The number of rotatable bonds is 6. The van der Waals surface area contributed by atoms with E-state index in [1.165, 1.54) is 18.5 Å². The van der Waals surface area contributed by atoms with E-state index in [1.807, 2.05) is 0 Å². The van der Waals surface area contributed by atoms with E-state index >= 15 is 0 Å². The zero-order chi connectivity index (χ0) is 13.5. The first-order chi connectivity index (χ1) is 9.25. The van der Waals surface area contributed by atoms with Gasteiger partial charge in [-0.1, -0.05) is 12.1 Å². The van der Waals surface area contributed by atoms with Crippen molar-refractivity contribution in [3.63, 3.8) is 0 Å². The van der Waals surface area contributed by atoms with Gasteiger partial charge in [0.2, 0.25) is 5.91 Å². The average Bonchev–Trinajstić information content (AvgIpc) is 2.92. The van der Waals surface area contributed by atoms with Crippen LogP contribution in [0.2, 0.25) is 0 Å². The standard InChI is InChI=1S/C12H13FN4O2/c13-9-3-1-2-4-10(9)19-6-5-12(18)14-7-11-15-8-16-17-11/h1-4,8H,5-7H2,(H,14,18)(H,15,16,17). The Bertz CT molecular complexity index is 530. The molecule has 100 valence electrons. The predicted molar refractivity (Wildman–Crippen MR) is 64.7 cm³/mol. The van der Waals surface area contributed by atoms with Crippen molar-refractivity contribution in [3.8, 4) is 5.75 Å². The lowest BCUT2D eigenvalue weighted by Gasteiger charge is -2.07. The quantitative estimate of drug-likeness (QED) is 0.816. The van der Waals surface area contributed by atoms with Crippen LogP contribution in [-0.2, 0) is 11.3 Å². The van der Waals surface area contributed by atoms with Gasteiger partial charge in [0.1, 0.15) is 12.2 Å². The zero-order valence-corrected chi connectivity index (χ0v) is 10.1. The minimum Gasteiger partial charge on any atom is -0.490 e. The molecule has 0 saturated heterocycles. The Labute approximate surface area is 109 Å².